The number of ketones is 1. The number of carbonyl (C=O) groups excluding carboxylic acids is 2. The lowest BCUT2D eigenvalue weighted by Gasteiger charge is -2.39. The van der Waals surface area contributed by atoms with Gasteiger partial charge in [0.05, 0.1) is 36.4 Å². The van der Waals surface area contributed by atoms with Crippen LogP contribution < -0.4 is 5.32 Å². The summed E-state index contributed by atoms with van der Waals surface area (Å²) in [7, 11) is 2.96. The van der Waals surface area contributed by atoms with Crippen LogP contribution in [0.5, 0.6) is 0 Å². The van der Waals surface area contributed by atoms with Crippen molar-refractivity contribution in [3.05, 3.63) is 0 Å². The van der Waals surface area contributed by atoms with Gasteiger partial charge in [0.15, 0.2) is 6.29 Å². The van der Waals surface area contributed by atoms with Gasteiger partial charge in [-0.3, -0.25) is 9.59 Å². The Morgan fingerprint density at radius 2 is 1.47 bits per heavy atom. The van der Waals surface area contributed by atoms with Crippen LogP contribution in [-0.2, 0) is 23.8 Å². The second kappa shape index (κ2) is 27.9. The van der Waals surface area contributed by atoms with Crippen molar-refractivity contribution in [2.75, 3.05) is 27.3 Å². The molecule has 0 saturated carbocycles. The molecule has 274 valence electrons. The Labute approximate surface area is 275 Å². The number of esters is 1. The first-order valence-electron chi connectivity index (χ1n) is 16.5. The normalized spacial score (nSPS) is 35.8. The molecule has 2 aliphatic heterocycles. The first-order chi connectivity index (χ1) is 20.7. The van der Waals surface area contributed by atoms with Gasteiger partial charge in [0.2, 0.25) is 0 Å². The number of rotatable bonds is 4. The quantitative estimate of drug-likeness (QED) is 0.241. The maximum Gasteiger partial charge on any atom is 0.311 e. The van der Waals surface area contributed by atoms with Crippen molar-refractivity contribution in [1.82, 2.24) is 5.32 Å². The van der Waals surface area contributed by atoms with Gasteiger partial charge in [0, 0.05) is 25.4 Å². The SMILES string of the molecule is C.CC.CC.CC1C[C@H](O[C@H]2CCC(O)C[C@@H](C)C(=O)C(C)C(O)[C@](C)(O)COC(=O)C2C)OC(C)C1O.CCCNC.CO. The Hall–Kier alpha value is -1.18. The zero-order chi connectivity index (χ0) is 35.2. The summed E-state index contributed by atoms with van der Waals surface area (Å²) in [6, 6.07) is 0. The van der Waals surface area contributed by atoms with Crippen molar-refractivity contribution >= 4 is 11.8 Å². The van der Waals surface area contributed by atoms with Gasteiger partial charge >= 0.3 is 5.97 Å². The summed E-state index contributed by atoms with van der Waals surface area (Å²) in [5.41, 5.74) is -1.82. The number of nitrogens with one attached hydrogen (secondary N) is 1. The van der Waals surface area contributed by atoms with Crippen LogP contribution in [0.2, 0.25) is 0 Å². The maximum absolute atomic E-state index is 12.8. The van der Waals surface area contributed by atoms with Crippen molar-refractivity contribution in [3.8, 4) is 0 Å². The summed E-state index contributed by atoms with van der Waals surface area (Å²) < 4.78 is 17.2. The zero-order valence-electron chi connectivity index (χ0n) is 30.0. The summed E-state index contributed by atoms with van der Waals surface area (Å²) in [6.45, 7) is 20.7. The number of aliphatic hydroxyl groups is 5. The predicted octanol–water partition coefficient (Wildman–Crippen LogP) is 4.09. The fraction of sp³-hybridized carbons (Fsp3) is 0.941. The molecule has 7 unspecified atom stereocenters. The van der Waals surface area contributed by atoms with E-state index in [1.807, 2.05) is 41.7 Å². The maximum atomic E-state index is 12.8. The third kappa shape index (κ3) is 18.7. The molecule has 0 spiro atoms. The molecule has 0 amide bonds. The molecule has 0 aliphatic carbocycles. The topological polar surface area (TPSA) is 175 Å². The van der Waals surface area contributed by atoms with E-state index in [0.29, 0.717) is 19.3 Å². The number of cyclic esters (lactones) is 1. The first-order valence-corrected chi connectivity index (χ1v) is 16.5. The predicted molar refractivity (Wildman–Crippen MR) is 181 cm³/mol. The van der Waals surface area contributed by atoms with Gasteiger partial charge in [-0.15, -0.1) is 0 Å². The summed E-state index contributed by atoms with van der Waals surface area (Å²) >= 11 is 0. The monoisotopic (exact) mass is 656 g/mol. The molecule has 11 nitrogen and oxygen atoms in total. The number of aliphatic hydroxyl groups excluding tert-OH is 4. The Kier molecular flexibility index (Phi) is 31.4. The molecule has 6 N–H and O–H groups in total. The molecule has 2 aliphatic rings. The molecule has 2 rings (SSSR count). The van der Waals surface area contributed by atoms with Crippen LogP contribution in [0.15, 0.2) is 0 Å². The minimum absolute atomic E-state index is 0. The number of hydrogen-bond donors (Lipinski definition) is 6. The molecule has 11 atom stereocenters. The Morgan fingerprint density at radius 3 is 1.91 bits per heavy atom. The third-order valence-corrected chi connectivity index (χ3v) is 7.71. The van der Waals surface area contributed by atoms with Crippen molar-refractivity contribution < 1.29 is 49.3 Å². The van der Waals surface area contributed by atoms with E-state index in [2.05, 4.69) is 12.2 Å². The minimum Gasteiger partial charge on any atom is -0.462 e. The van der Waals surface area contributed by atoms with Crippen LogP contribution in [-0.4, -0.2) is 107 Å². The van der Waals surface area contributed by atoms with Crippen LogP contribution >= 0.6 is 0 Å². The highest BCUT2D eigenvalue weighted by molar-refractivity contribution is 5.83. The van der Waals surface area contributed by atoms with E-state index < -0.39 is 72.7 Å². The largest absolute Gasteiger partial charge is 0.462 e. The number of Topliss-reactive ketones (excluding diaryl/α,β-unsaturated/α-hetero) is 1. The second-order valence-electron chi connectivity index (χ2n) is 11.5. The van der Waals surface area contributed by atoms with Gasteiger partial charge in [0.25, 0.3) is 0 Å². The average Bonchev–Trinajstić information content (AvgIpc) is 3.02. The number of hydrogen-bond acceptors (Lipinski definition) is 11. The fourth-order valence-corrected chi connectivity index (χ4v) is 4.98. The lowest BCUT2D eigenvalue weighted by Crippen LogP contribution is -2.51. The Bertz CT molecular complexity index is 709. The zero-order valence-corrected chi connectivity index (χ0v) is 30.0. The molecule has 2 fully saturated rings. The summed E-state index contributed by atoms with van der Waals surface area (Å²) in [4.78, 5) is 25.5. The molecule has 0 aromatic heterocycles. The van der Waals surface area contributed by atoms with Crippen LogP contribution in [0.1, 0.15) is 116 Å². The summed E-state index contributed by atoms with van der Waals surface area (Å²) in [6.07, 6.45) is -2.02. The highest BCUT2D eigenvalue weighted by Crippen LogP contribution is 2.30. The highest BCUT2D eigenvalue weighted by Gasteiger charge is 2.42. The van der Waals surface area contributed by atoms with E-state index in [0.717, 1.165) is 13.7 Å². The number of carbonyl (C=O) groups is 2. The fourth-order valence-electron chi connectivity index (χ4n) is 4.98. The number of ether oxygens (including phenoxy) is 3. The van der Waals surface area contributed by atoms with Gasteiger partial charge in [-0.1, -0.05) is 62.8 Å². The smallest absolute Gasteiger partial charge is 0.311 e. The van der Waals surface area contributed by atoms with E-state index in [1.54, 1.807) is 20.8 Å². The van der Waals surface area contributed by atoms with E-state index >= 15 is 0 Å². The van der Waals surface area contributed by atoms with E-state index in [1.165, 1.54) is 20.3 Å². The van der Waals surface area contributed by atoms with Crippen molar-refractivity contribution in [2.45, 2.75) is 158 Å². The Morgan fingerprint density at radius 1 is 0.933 bits per heavy atom. The molecular formula is C34H73NO10. The van der Waals surface area contributed by atoms with Crippen LogP contribution in [0.4, 0.5) is 0 Å². The van der Waals surface area contributed by atoms with Crippen LogP contribution in [0, 0.1) is 23.7 Å². The van der Waals surface area contributed by atoms with Crippen LogP contribution in [0.3, 0.4) is 0 Å². The highest BCUT2D eigenvalue weighted by atomic mass is 16.7. The molecule has 11 heteroatoms. The van der Waals surface area contributed by atoms with Crippen molar-refractivity contribution in [3.63, 3.8) is 0 Å². The lowest BCUT2D eigenvalue weighted by atomic mass is 9.81. The van der Waals surface area contributed by atoms with Crippen LogP contribution in [0.25, 0.3) is 0 Å². The van der Waals surface area contributed by atoms with E-state index in [-0.39, 0.29) is 25.5 Å². The molecule has 45 heavy (non-hydrogen) atoms. The first kappa shape index (κ1) is 50.7. The third-order valence-electron chi connectivity index (χ3n) is 7.71. The van der Waals surface area contributed by atoms with Gasteiger partial charge in [-0.25, -0.2) is 0 Å². The molecule has 0 radical (unpaired) electrons. The molecule has 0 aromatic carbocycles. The van der Waals surface area contributed by atoms with Crippen molar-refractivity contribution in [1.29, 1.82) is 0 Å². The van der Waals surface area contributed by atoms with E-state index in [4.69, 9.17) is 19.3 Å². The summed E-state index contributed by atoms with van der Waals surface area (Å²) in [5.74, 6) is -3.08. The van der Waals surface area contributed by atoms with Gasteiger partial charge < -0.3 is 45.1 Å². The molecule has 0 bridgehead atoms. The van der Waals surface area contributed by atoms with Gasteiger partial charge in [-0.2, -0.15) is 0 Å². The van der Waals surface area contributed by atoms with E-state index in [9.17, 15) is 30.0 Å². The second-order valence-corrected chi connectivity index (χ2v) is 11.5. The Balaban J connectivity index is -0.000000616. The lowest BCUT2D eigenvalue weighted by molar-refractivity contribution is -0.255. The van der Waals surface area contributed by atoms with Crippen molar-refractivity contribution in [2.24, 2.45) is 23.7 Å². The average molecular weight is 656 g/mol. The molecule has 2 saturated heterocycles. The standard InChI is InChI=1S/C24H42O9.C4H11N.2C2H6.CH4O.CH4/c1-12-9-17(25)7-8-18(33-19-10-13(2)21(27)16(5)32-19)14(3)23(29)31-11-24(6,30)22(28)15(4)20(12)26;1-3-4-5-2;3*1-2;/h12-19,21-22,25,27-28,30H,7-11H2,1-6H3;5H,3-4H2,1-2H3;2*1-2H3;2H,1H3;1H4/t12-,13?,14?,15?,16?,17?,18+,19+,21?,22?,24-;;;;;/m1...../s1. The molecule has 0 aromatic rings. The summed E-state index contributed by atoms with van der Waals surface area (Å²) in [5, 5.41) is 52.0. The van der Waals surface area contributed by atoms with Gasteiger partial charge in [-0.05, 0) is 66.0 Å². The minimum atomic E-state index is -1.82. The molecule has 2 heterocycles. The molecular weight excluding hydrogens is 582 g/mol. The van der Waals surface area contributed by atoms with Gasteiger partial charge in [0.1, 0.15) is 18.0 Å².